The summed E-state index contributed by atoms with van der Waals surface area (Å²) in [6, 6.07) is 36.9. The fourth-order valence-electron chi connectivity index (χ4n) is 5.90. The quantitative estimate of drug-likeness (QED) is 0.180. The van der Waals surface area contributed by atoms with Crippen LogP contribution in [0.4, 0.5) is 0 Å². The fraction of sp³-hybridized carbons (Fsp3) is 0.132. The fourth-order valence-corrected chi connectivity index (χ4v) is 6.79. The summed E-state index contributed by atoms with van der Waals surface area (Å²) in [6.45, 7) is 5.57. The lowest BCUT2D eigenvalue weighted by Crippen LogP contribution is -2.38. The molecule has 0 spiro atoms. The van der Waals surface area contributed by atoms with Crippen molar-refractivity contribution in [1.29, 1.82) is 5.41 Å². The van der Waals surface area contributed by atoms with Gasteiger partial charge in [-0.15, -0.1) is 0 Å². The molecular formula is C38H32N4O2S. The van der Waals surface area contributed by atoms with Crippen LogP contribution in [0.2, 0.25) is 0 Å². The number of aliphatic imine (C=N–C) groups is 1. The molecule has 6 nitrogen and oxygen atoms in total. The molecule has 0 unspecified atom stereocenters. The molecule has 5 aromatic rings. The third-order valence-corrected chi connectivity index (χ3v) is 9.30. The Morgan fingerprint density at radius 3 is 2.29 bits per heavy atom. The number of carbonyl (C=O) groups excluding carboxylic acids is 1. The number of carbonyl (C=O) groups is 1. The number of rotatable bonds is 8. The van der Waals surface area contributed by atoms with Crippen molar-refractivity contribution in [2.24, 2.45) is 4.99 Å². The van der Waals surface area contributed by atoms with Gasteiger partial charge in [0.15, 0.2) is 5.17 Å². The van der Waals surface area contributed by atoms with Crippen LogP contribution in [0, 0.1) is 5.41 Å². The molecule has 0 bridgehead atoms. The normalized spacial score (nSPS) is 15.8. The number of aromatic nitrogens is 1. The number of nitrogens with one attached hydrogen (secondary N) is 1. The Balaban J connectivity index is 1.10. The van der Waals surface area contributed by atoms with Gasteiger partial charge >= 0.3 is 0 Å². The van der Waals surface area contributed by atoms with Crippen molar-refractivity contribution >= 4 is 51.3 Å². The van der Waals surface area contributed by atoms with E-state index in [2.05, 4.69) is 65.9 Å². The molecule has 1 aromatic heterocycles. The van der Waals surface area contributed by atoms with E-state index in [4.69, 9.17) is 10.1 Å². The lowest BCUT2D eigenvalue weighted by molar-refractivity contribution is -0.114. The van der Waals surface area contributed by atoms with E-state index in [-0.39, 0.29) is 16.8 Å². The van der Waals surface area contributed by atoms with Gasteiger partial charge in [-0.25, -0.2) is 0 Å². The van der Waals surface area contributed by atoms with Gasteiger partial charge in [0.05, 0.1) is 17.8 Å². The SMILES string of the molecule is CC(C)(c1ccccc1)c1ccc(OCCn2cc(/C=C3/C(=N)N4C(c5ccccc5)=CSC4=NC3=O)c3ccccc32)cc1. The number of nitrogens with zero attached hydrogens (tertiary/aromatic N) is 3. The van der Waals surface area contributed by atoms with E-state index in [9.17, 15) is 4.79 Å². The zero-order valence-corrected chi connectivity index (χ0v) is 25.9. The number of amidine groups is 2. The van der Waals surface area contributed by atoms with Crippen LogP contribution in [-0.4, -0.2) is 33.0 Å². The zero-order valence-electron chi connectivity index (χ0n) is 25.1. The second-order valence-electron chi connectivity index (χ2n) is 11.6. The van der Waals surface area contributed by atoms with Crippen molar-refractivity contribution in [2.75, 3.05) is 6.61 Å². The van der Waals surface area contributed by atoms with Crippen molar-refractivity contribution < 1.29 is 9.53 Å². The Kier molecular flexibility index (Phi) is 7.47. The highest BCUT2D eigenvalue weighted by Crippen LogP contribution is 2.38. The minimum Gasteiger partial charge on any atom is -0.492 e. The second-order valence-corrected chi connectivity index (χ2v) is 12.4. The van der Waals surface area contributed by atoms with Crippen molar-refractivity contribution in [3.05, 3.63) is 149 Å². The van der Waals surface area contributed by atoms with E-state index in [1.807, 2.05) is 78.3 Å². The Labute approximate surface area is 266 Å². The highest BCUT2D eigenvalue weighted by atomic mass is 32.2. The maximum Gasteiger partial charge on any atom is 0.283 e. The van der Waals surface area contributed by atoms with Crippen LogP contribution in [0.25, 0.3) is 22.7 Å². The molecule has 0 radical (unpaired) electrons. The van der Waals surface area contributed by atoms with Gasteiger partial charge in [-0.05, 0) is 41.0 Å². The molecule has 222 valence electrons. The topological polar surface area (TPSA) is 70.7 Å². The van der Waals surface area contributed by atoms with E-state index in [0.717, 1.165) is 33.5 Å². The molecular weight excluding hydrogens is 577 g/mol. The summed E-state index contributed by atoms with van der Waals surface area (Å²) in [5.74, 6) is 0.548. The van der Waals surface area contributed by atoms with Gasteiger partial charge in [0, 0.05) is 33.5 Å². The average Bonchev–Trinajstić information content (AvgIpc) is 3.66. The first-order valence-electron chi connectivity index (χ1n) is 14.9. The van der Waals surface area contributed by atoms with E-state index < -0.39 is 5.91 Å². The highest BCUT2D eigenvalue weighted by Gasteiger charge is 2.36. The number of amides is 1. The second kappa shape index (κ2) is 11.7. The van der Waals surface area contributed by atoms with Crippen LogP contribution in [-0.2, 0) is 16.8 Å². The highest BCUT2D eigenvalue weighted by molar-refractivity contribution is 8.17. The number of hydrogen-bond donors (Lipinski definition) is 1. The van der Waals surface area contributed by atoms with Crippen molar-refractivity contribution in [3.8, 4) is 5.75 Å². The molecule has 7 rings (SSSR count). The summed E-state index contributed by atoms with van der Waals surface area (Å²) in [7, 11) is 0. The molecule has 2 aliphatic heterocycles. The molecule has 0 saturated heterocycles. The molecule has 0 aliphatic carbocycles. The molecule has 2 aliphatic rings. The monoisotopic (exact) mass is 608 g/mol. The van der Waals surface area contributed by atoms with Gasteiger partial charge in [-0.1, -0.05) is 117 Å². The van der Waals surface area contributed by atoms with Crippen LogP contribution >= 0.6 is 11.8 Å². The van der Waals surface area contributed by atoms with E-state index in [1.54, 1.807) is 11.0 Å². The smallest absolute Gasteiger partial charge is 0.283 e. The number of benzene rings is 4. The van der Waals surface area contributed by atoms with Gasteiger partial charge in [0.1, 0.15) is 18.2 Å². The number of fused-ring (bicyclic) bond motifs is 2. The first-order chi connectivity index (χ1) is 21.9. The lowest BCUT2D eigenvalue weighted by atomic mass is 9.78. The Hall–Kier alpha value is -5.14. The molecule has 3 heterocycles. The molecule has 0 saturated carbocycles. The number of para-hydroxylation sites is 1. The average molecular weight is 609 g/mol. The molecule has 45 heavy (non-hydrogen) atoms. The van der Waals surface area contributed by atoms with Crippen molar-refractivity contribution in [3.63, 3.8) is 0 Å². The van der Waals surface area contributed by atoms with Crippen molar-refractivity contribution in [1.82, 2.24) is 9.47 Å². The van der Waals surface area contributed by atoms with E-state index >= 15 is 0 Å². The summed E-state index contributed by atoms with van der Waals surface area (Å²) >= 11 is 1.37. The van der Waals surface area contributed by atoms with Crippen LogP contribution in [0.15, 0.2) is 131 Å². The predicted octanol–water partition coefficient (Wildman–Crippen LogP) is 8.35. The van der Waals surface area contributed by atoms with Crippen LogP contribution in [0.5, 0.6) is 5.75 Å². The number of thioether (sulfide) groups is 1. The molecule has 7 heteroatoms. The standard InChI is InChI=1S/C38H32N4O2S/c1-38(2,28-13-7-4-8-14-28)29-17-19-30(20-18-29)44-22-21-41-24-27(31-15-9-10-16-33(31)41)23-32-35(39)42-34(26-11-5-3-6-12-26)25-45-37(42)40-36(32)43/h3-20,23-25,39H,21-22H2,1-2H3/b32-23-,39-35?. The summed E-state index contributed by atoms with van der Waals surface area (Å²) in [5, 5.41) is 12.5. The maximum atomic E-state index is 13.1. The molecule has 4 aromatic carbocycles. The first kappa shape index (κ1) is 28.6. The maximum absolute atomic E-state index is 13.1. The third-order valence-electron chi connectivity index (χ3n) is 8.48. The van der Waals surface area contributed by atoms with Crippen LogP contribution in [0.3, 0.4) is 0 Å². The molecule has 0 fully saturated rings. The summed E-state index contributed by atoms with van der Waals surface area (Å²) in [6.07, 6.45) is 3.82. The van der Waals surface area contributed by atoms with Gasteiger partial charge in [-0.2, -0.15) is 4.99 Å². The van der Waals surface area contributed by atoms with Crippen LogP contribution in [0.1, 0.15) is 36.1 Å². The molecule has 0 atom stereocenters. The minimum absolute atomic E-state index is 0.106. The number of ether oxygens (including phenoxy) is 1. The summed E-state index contributed by atoms with van der Waals surface area (Å²) in [4.78, 5) is 19.2. The van der Waals surface area contributed by atoms with Gasteiger partial charge < -0.3 is 9.30 Å². The third kappa shape index (κ3) is 5.40. The van der Waals surface area contributed by atoms with Gasteiger partial charge in [0.2, 0.25) is 0 Å². The minimum atomic E-state index is -0.402. The van der Waals surface area contributed by atoms with Crippen LogP contribution < -0.4 is 4.74 Å². The Morgan fingerprint density at radius 1 is 0.867 bits per heavy atom. The Morgan fingerprint density at radius 2 is 1.53 bits per heavy atom. The van der Waals surface area contributed by atoms with Crippen molar-refractivity contribution in [2.45, 2.75) is 25.8 Å². The van der Waals surface area contributed by atoms with Gasteiger partial charge in [0.25, 0.3) is 5.91 Å². The first-order valence-corrected chi connectivity index (χ1v) is 15.8. The summed E-state index contributed by atoms with van der Waals surface area (Å²) < 4.78 is 8.31. The summed E-state index contributed by atoms with van der Waals surface area (Å²) in [5.41, 5.74) is 6.38. The van der Waals surface area contributed by atoms with Gasteiger partial charge in [-0.3, -0.25) is 15.1 Å². The van der Waals surface area contributed by atoms with E-state index in [0.29, 0.717) is 18.3 Å². The number of hydrogen-bond acceptors (Lipinski definition) is 4. The molecule has 1 amide bonds. The lowest BCUT2D eigenvalue weighted by Gasteiger charge is -2.26. The zero-order chi connectivity index (χ0) is 31.0. The Bertz CT molecular complexity index is 2010. The van der Waals surface area contributed by atoms with E-state index in [1.165, 1.54) is 22.9 Å². The molecule has 1 N–H and O–H groups in total. The largest absolute Gasteiger partial charge is 0.492 e. The predicted molar refractivity (Wildman–Crippen MR) is 184 cm³/mol.